The number of likely N-dealkylation sites (tertiary alicyclic amines) is 1. The Morgan fingerprint density at radius 3 is 2.28 bits per heavy atom. The van der Waals surface area contributed by atoms with Gasteiger partial charge in [0.05, 0.1) is 23.7 Å². The molecule has 1 aromatic rings. The Bertz CT molecular complexity index is 783. The van der Waals surface area contributed by atoms with Crippen LogP contribution in [0.4, 0.5) is 9.80 Å². The summed E-state index contributed by atoms with van der Waals surface area (Å²) in [7, 11) is 1.50. The number of thiophene rings is 1. The van der Waals surface area contributed by atoms with Gasteiger partial charge in [-0.05, 0) is 39.2 Å². The number of carbonyl (C=O) groups excluding carboxylic acids is 4. The molecule has 1 fully saturated rings. The first kappa shape index (κ1) is 22.7. The molecule has 0 saturated carbocycles. The molecule has 160 valence electrons. The fourth-order valence-corrected chi connectivity index (χ4v) is 4.28. The minimum atomic E-state index is -0.580. The average Bonchev–Trinajstić information content (AvgIpc) is 3.03. The average molecular weight is 426 g/mol. The Morgan fingerprint density at radius 2 is 1.72 bits per heavy atom. The Labute approximate surface area is 173 Å². The number of nitrogens with one attached hydrogen (secondary N) is 2. The van der Waals surface area contributed by atoms with Crippen molar-refractivity contribution in [3.63, 3.8) is 0 Å². The minimum absolute atomic E-state index is 0.184. The minimum Gasteiger partial charge on any atom is -0.462 e. The summed E-state index contributed by atoms with van der Waals surface area (Å²) in [5.74, 6) is -1.46. The van der Waals surface area contributed by atoms with E-state index in [0.717, 1.165) is 11.3 Å². The number of nitrogens with zero attached hydrogens (tertiary/aromatic N) is 1. The van der Waals surface area contributed by atoms with Crippen molar-refractivity contribution in [2.75, 3.05) is 38.7 Å². The first-order valence-electron chi connectivity index (χ1n) is 9.59. The molecule has 0 atom stereocenters. The van der Waals surface area contributed by atoms with E-state index in [0.29, 0.717) is 48.0 Å². The predicted molar refractivity (Wildman–Crippen MR) is 108 cm³/mol. The van der Waals surface area contributed by atoms with Gasteiger partial charge in [0.15, 0.2) is 0 Å². The van der Waals surface area contributed by atoms with Crippen molar-refractivity contribution in [2.45, 2.75) is 33.6 Å². The molecule has 1 aliphatic rings. The first-order valence-corrected chi connectivity index (χ1v) is 10.4. The molecule has 0 spiro atoms. The van der Waals surface area contributed by atoms with Crippen molar-refractivity contribution in [1.29, 1.82) is 0 Å². The molecule has 0 radical (unpaired) electrons. The largest absolute Gasteiger partial charge is 0.462 e. The molecule has 9 nitrogen and oxygen atoms in total. The maximum absolute atomic E-state index is 12.8. The molecule has 0 aromatic carbocycles. The standard InChI is InChI=1S/C19H27N3O6S/c1-5-27-18(25)13-11(3)14(16(24)20-4)29-17(13)21-15(23)12-7-9-22(10-8-12)19(26)28-6-2/h12H,5-10H2,1-4H3,(H,20,24)(H,21,23). The van der Waals surface area contributed by atoms with Gasteiger partial charge in [0.1, 0.15) is 5.00 Å². The van der Waals surface area contributed by atoms with Gasteiger partial charge in [-0.2, -0.15) is 0 Å². The van der Waals surface area contributed by atoms with E-state index >= 15 is 0 Å². The molecule has 29 heavy (non-hydrogen) atoms. The predicted octanol–water partition coefficient (Wildman–Crippen LogP) is 2.40. The third kappa shape index (κ3) is 5.26. The Hall–Kier alpha value is -2.62. The highest BCUT2D eigenvalue weighted by Gasteiger charge is 2.31. The summed E-state index contributed by atoms with van der Waals surface area (Å²) >= 11 is 1.05. The normalized spacial score (nSPS) is 14.3. The highest BCUT2D eigenvalue weighted by atomic mass is 32.1. The molecule has 0 unspecified atom stereocenters. The third-order valence-electron chi connectivity index (χ3n) is 4.69. The summed E-state index contributed by atoms with van der Waals surface area (Å²) in [6, 6.07) is 0. The molecular formula is C19H27N3O6S. The molecule has 2 heterocycles. The topological polar surface area (TPSA) is 114 Å². The number of carbonyl (C=O) groups is 4. The van der Waals surface area contributed by atoms with E-state index in [2.05, 4.69) is 10.6 Å². The summed E-state index contributed by atoms with van der Waals surface area (Å²) in [6.45, 7) is 6.43. The zero-order valence-corrected chi connectivity index (χ0v) is 17.9. The Kier molecular flexibility index (Phi) is 8.00. The van der Waals surface area contributed by atoms with Crippen molar-refractivity contribution in [3.8, 4) is 0 Å². The highest BCUT2D eigenvalue weighted by Crippen LogP contribution is 2.34. The SMILES string of the molecule is CCOC(=O)c1c(NC(=O)C2CCN(C(=O)OCC)CC2)sc(C(=O)NC)c1C. The lowest BCUT2D eigenvalue weighted by Gasteiger charge is -2.30. The van der Waals surface area contributed by atoms with Crippen molar-refractivity contribution >= 4 is 40.2 Å². The fourth-order valence-electron chi connectivity index (χ4n) is 3.13. The smallest absolute Gasteiger partial charge is 0.409 e. The van der Waals surface area contributed by atoms with Crippen LogP contribution in [0.25, 0.3) is 0 Å². The van der Waals surface area contributed by atoms with Crippen LogP contribution in [0.2, 0.25) is 0 Å². The van der Waals surface area contributed by atoms with Crippen LogP contribution in [-0.4, -0.2) is 62.1 Å². The molecule has 1 aromatic heterocycles. The Balaban J connectivity index is 2.14. The number of esters is 1. The van der Waals surface area contributed by atoms with E-state index in [-0.39, 0.29) is 36.0 Å². The first-order chi connectivity index (χ1) is 13.8. The lowest BCUT2D eigenvalue weighted by Crippen LogP contribution is -2.41. The van der Waals surface area contributed by atoms with Crippen LogP contribution in [0, 0.1) is 12.8 Å². The quantitative estimate of drug-likeness (QED) is 0.677. The van der Waals surface area contributed by atoms with Gasteiger partial charge in [-0.1, -0.05) is 0 Å². The van der Waals surface area contributed by atoms with Crippen LogP contribution in [0.1, 0.15) is 52.3 Å². The van der Waals surface area contributed by atoms with Crippen molar-refractivity contribution < 1.29 is 28.7 Å². The number of anilines is 1. The number of piperidine rings is 1. The highest BCUT2D eigenvalue weighted by molar-refractivity contribution is 7.18. The fraction of sp³-hybridized carbons (Fsp3) is 0.579. The molecule has 2 N–H and O–H groups in total. The molecule has 0 aliphatic carbocycles. The van der Waals surface area contributed by atoms with Gasteiger partial charge in [0.2, 0.25) is 5.91 Å². The summed E-state index contributed by atoms with van der Waals surface area (Å²) in [6.07, 6.45) is 0.609. The lowest BCUT2D eigenvalue weighted by atomic mass is 9.96. The van der Waals surface area contributed by atoms with E-state index < -0.39 is 5.97 Å². The molecule has 3 amide bonds. The van der Waals surface area contributed by atoms with Gasteiger partial charge >= 0.3 is 12.1 Å². The van der Waals surface area contributed by atoms with Gasteiger partial charge in [0, 0.05) is 26.1 Å². The summed E-state index contributed by atoms with van der Waals surface area (Å²) in [5.41, 5.74) is 0.674. The number of hydrogen-bond acceptors (Lipinski definition) is 7. The number of ether oxygens (including phenoxy) is 2. The van der Waals surface area contributed by atoms with E-state index in [1.807, 2.05) is 0 Å². The second-order valence-electron chi connectivity index (χ2n) is 6.51. The van der Waals surface area contributed by atoms with Crippen LogP contribution < -0.4 is 10.6 Å². The Morgan fingerprint density at radius 1 is 1.10 bits per heavy atom. The van der Waals surface area contributed by atoms with Crippen LogP contribution in [0.5, 0.6) is 0 Å². The second-order valence-corrected chi connectivity index (χ2v) is 7.53. The lowest BCUT2D eigenvalue weighted by molar-refractivity contribution is -0.121. The van der Waals surface area contributed by atoms with Crippen LogP contribution in [-0.2, 0) is 14.3 Å². The maximum Gasteiger partial charge on any atom is 0.409 e. The van der Waals surface area contributed by atoms with Crippen molar-refractivity contribution in [2.24, 2.45) is 5.92 Å². The zero-order chi connectivity index (χ0) is 21.6. The zero-order valence-electron chi connectivity index (χ0n) is 17.1. The molecular weight excluding hydrogens is 398 g/mol. The van der Waals surface area contributed by atoms with E-state index in [1.165, 1.54) is 7.05 Å². The monoisotopic (exact) mass is 425 g/mol. The van der Waals surface area contributed by atoms with Gasteiger partial charge in [0.25, 0.3) is 5.91 Å². The molecule has 0 bridgehead atoms. The third-order valence-corrected chi connectivity index (χ3v) is 5.89. The molecule has 10 heteroatoms. The number of hydrogen-bond donors (Lipinski definition) is 2. The van der Waals surface area contributed by atoms with Crippen LogP contribution in [0.3, 0.4) is 0 Å². The van der Waals surface area contributed by atoms with E-state index in [4.69, 9.17) is 9.47 Å². The molecule has 1 saturated heterocycles. The van der Waals surface area contributed by atoms with Crippen molar-refractivity contribution in [3.05, 3.63) is 16.0 Å². The van der Waals surface area contributed by atoms with Gasteiger partial charge in [-0.15, -0.1) is 11.3 Å². The molecule has 1 aliphatic heterocycles. The van der Waals surface area contributed by atoms with Crippen LogP contribution in [0.15, 0.2) is 0 Å². The van der Waals surface area contributed by atoms with E-state index in [1.54, 1.807) is 25.7 Å². The van der Waals surface area contributed by atoms with Crippen LogP contribution >= 0.6 is 11.3 Å². The van der Waals surface area contributed by atoms with Crippen molar-refractivity contribution in [1.82, 2.24) is 10.2 Å². The number of rotatable bonds is 6. The summed E-state index contributed by atoms with van der Waals surface area (Å²) in [4.78, 5) is 51.0. The van der Waals surface area contributed by atoms with Gasteiger partial charge in [-0.3, -0.25) is 9.59 Å². The molecule has 2 rings (SSSR count). The summed E-state index contributed by atoms with van der Waals surface area (Å²) in [5, 5.41) is 5.63. The van der Waals surface area contributed by atoms with Gasteiger partial charge < -0.3 is 25.0 Å². The number of amides is 3. The second kappa shape index (κ2) is 10.2. The maximum atomic E-state index is 12.8. The van der Waals surface area contributed by atoms with Gasteiger partial charge in [-0.25, -0.2) is 9.59 Å². The summed E-state index contributed by atoms with van der Waals surface area (Å²) < 4.78 is 10.1. The van der Waals surface area contributed by atoms with E-state index in [9.17, 15) is 19.2 Å².